The molecular weight excluding hydrogens is 242 g/mol. The topological polar surface area (TPSA) is 101 Å². The molecule has 0 aromatic heterocycles. The van der Waals surface area contributed by atoms with Gasteiger partial charge in [-0.3, -0.25) is 4.79 Å². The van der Waals surface area contributed by atoms with E-state index >= 15 is 0 Å². The van der Waals surface area contributed by atoms with Crippen LogP contribution >= 0.6 is 0 Å². The third-order valence-electron chi connectivity index (χ3n) is 3.99. The number of rotatable bonds is 5. The van der Waals surface area contributed by atoms with Gasteiger partial charge in [-0.2, -0.15) is 0 Å². The van der Waals surface area contributed by atoms with Crippen LogP contribution in [0.25, 0.3) is 0 Å². The molecule has 1 fully saturated rings. The van der Waals surface area contributed by atoms with Crippen molar-refractivity contribution < 1.29 is 9.90 Å². The summed E-state index contributed by atoms with van der Waals surface area (Å²) in [5.74, 6) is -0.471. The Balaban J connectivity index is 2.10. The third-order valence-corrected chi connectivity index (χ3v) is 3.99. The van der Waals surface area contributed by atoms with Gasteiger partial charge in [-0.1, -0.05) is 12.8 Å². The monoisotopic (exact) mass is 263 g/mol. The summed E-state index contributed by atoms with van der Waals surface area (Å²) in [6, 6.07) is 4.95. The molecule has 104 valence electrons. The van der Waals surface area contributed by atoms with Crippen LogP contribution in [-0.2, 0) is 0 Å². The van der Waals surface area contributed by atoms with Gasteiger partial charge in [-0.25, -0.2) is 0 Å². The number of nitrogens with two attached hydrogens (primary N) is 2. The lowest BCUT2D eigenvalue weighted by Gasteiger charge is -2.27. The number of hydrogen-bond acceptors (Lipinski definition) is 4. The van der Waals surface area contributed by atoms with Gasteiger partial charge in [-0.15, -0.1) is 0 Å². The molecule has 19 heavy (non-hydrogen) atoms. The largest absolute Gasteiger partial charge is 0.397 e. The summed E-state index contributed by atoms with van der Waals surface area (Å²) in [6.07, 6.45) is 4.34. The minimum atomic E-state index is -0.471. The summed E-state index contributed by atoms with van der Waals surface area (Å²) >= 11 is 0. The minimum absolute atomic E-state index is 0.0603. The molecule has 2 rings (SSSR count). The number of nitrogens with one attached hydrogen (secondary N) is 1. The second-order valence-corrected chi connectivity index (χ2v) is 5.39. The zero-order valence-corrected chi connectivity index (χ0v) is 11.0. The van der Waals surface area contributed by atoms with E-state index in [1.807, 2.05) is 0 Å². The molecule has 5 nitrogen and oxygen atoms in total. The van der Waals surface area contributed by atoms with Gasteiger partial charge in [0.05, 0.1) is 18.0 Å². The first-order valence-electron chi connectivity index (χ1n) is 6.60. The summed E-state index contributed by atoms with van der Waals surface area (Å²) in [5, 5.41) is 12.8. The van der Waals surface area contributed by atoms with Crippen LogP contribution in [0.2, 0.25) is 0 Å². The Labute approximate surface area is 113 Å². The molecule has 0 aliphatic heterocycles. The Morgan fingerprint density at radius 3 is 2.63 bits per heavy atom. The fourth-order valence-corrected chi connectivity index (χ4v) is 2.66. The SMILES string of the molecule is NC(=O)c1ccc(N)c(NCC2(CO)CCCC2)c1. The number of primary amides is 1. The zero-order chi connectivity index (χ0) is 13.9. The number of aliphatic hydroxyl groups excluding tert-OH is 1. The Hall–Kier alpha value is -1.75. The number of amides is 1. The van der Waals surface area contributed by atoms with Crippen LogP contribution in [0.3, 0.4) is 0 Å². The molecule has 1 aliphatic rings. The number of aliphatic hydroxyl groups is 1. The molecule has 0 saturated heterocycles. The third kappa shape index (κ3) is 2.98. The molecule has 0 atom stereocenters. The molecular formula is C14H21N3O2. The summed E-state index contributed by atoms with van der Waals surface area (Å²) in [6.45, 7) is 0.839. The second-order valence-electron chi connectivity index (χ2n) is 5.39. The normalized spacial score (nSPS) is 17.3. The zero-order valence-electron chi connectivity index (χ0n) is 11.0. The van der Waals surface area contributed by atoms with Crippen LogP contribution in [0, 0.1) is 5.41 Å². The first kappa shape index (κ1) is 13.7. The van der Waals surface area contributed by atoms with E-state index < -0.39 is 5.91 Å². The van der Waals surface area contributed by atoms with Crippen molar-refractivity contribution in [3.8, 4) is 0 Å². The van der Waals surface area contributed by atoms with Crippen LogP contribution in [-0.4, -0.2) is 24.2 Å². The first-order valence-corrected chi connectivity index (χ1v) is 6.60. The molecule has 1 aliphatic carbocycles. The van der Waals surface area contributed by atoms with Crippen molar-refractivity contribution in [3.63, 3.8) is 0 Å². The summed E-state index contributed by atoms with van der Waals surface area (Å²) in [7, 11) is 0. The van der Waals surface area contributed by atoms with E-state index in [0.717, 1.165) is 25.7 Å². The Morgan fingerprint density at radius 2 is 2.05 bits per heavy atom. The minimum Gasteiger partial charge on any atom is -0.397 e. The van der Waals surface area contributed by atoms with Crippen LogP contribution in [0.4, 0.5) is 11.4 Å². The molecule has 5 heteroatoms. The summed E-state index contributed by atoms with van der Waals surface area (Å²) in [4.78, 5) is 11.2. The lowest BCUT2D eigenvalue weighted by Crippen LogP contribution is -2.30. The number of hydrogen-bond donors (Lipinski definition) is 4. The van der Waals surface area contributed by atoms with Gasteiger partial charge in [0.2, 0.25) is 5.91 Å². The predicted molar refractivity (Wildman–Crippen MR) is 75.8 cm³/mol. The molecule has 0 bridgehead atoms. The molecule has 6 N–H and O–H groups in total. The van der Waals surface area contributed by atoms with E-state index in [0.29, 0.717) is 23.5 Å². The number of anilines is 2. The highest BCUT2D eigenvalue weighted by Crippen LogP contribution is 2.38. The predicted octanol–water partition coefficient (Wildman–Crippen LogP) is 1.33. The molecule has 0 unspecified atom stereocenters. The molecule has 1 aromatic carbocycles. The van der Waals surface area contributed by atoms with Crippen molar-refractivity contribution in [1.82, 2.24) is 0 Å². The maximum atomic E-state index is 11.2. The molecule has 0 radical (unpaired) electrons. The average Bonchev–Trinajstić information content (AvgIpc) is 2.87. The number of carbonyl (C=O) groups excluding carboxylic acids is 1. The molecule has 0 spiro atoms. The quantitative estimate of drug-likeness (QED) is 0.602. The second kappa shape index (κ2) is 5.48. The lowest BCUT2D eigenvalue weighted by molar-refractivity contribution is 0.100. The number of carbonyl (C=O) groups is 1. The smallest absolute Gasteiger partial charge is 0.248 e. The fourth-order valence-electron chi connectivity index (χ4n) is 2.66. The first-order chi connectivity index (χ1) is 9.06. The van der Waals surface area contributed by atoms with Gasteiger partial charge in [0, 0.05) is 17.5 Å². The van der Waals surface area contributed by atoms with Gasteiger partial charge in [0.15, 0.2) is 0 Å². The van der Waals surface area contributed by atoms with Gasteiger partial charge >= 0.3 is 0 Å². The Bertz CT molecular complexity index is 468. The molecule has 0 heterocycles. The van der Waals surface area contributed by atoms with Gasteiger partial charge < -0.3 is 21.9 Å². The fraction of sp³-hybridized carbons (Fsp3) is 0.500. The van der Waals surface area contributed by atoms with Gasteiger partial charge in [0.1, 0.15) is 0 Å². The molecule has 1 saturated carbocycles. The maximum Gasteiger partial charge on any atom is 0.248 e. The standard InChI is InChI=1S/C14H21N3O2/c15-11-4-3-10(13(16)19)7-12(11)17-8-14(9-18)5-1-2-6-14/h3-4,7,17-18H,1-2,5-6,8-9,15H2,(H2,16,19). The van der Waals surface area contributed by atoms with E-state index in [2.05, 4.69) is 5.32 Å². The van der Waals surface area contributed by atoms with E-state index in [9.17, 15) is 9.90 Å². The highest BCUT2D eigenvalue weighted by molar-refractivity contribution is 5.94. The summed E-state index contributed by atoms with van der Waals surface area (Å²) in [5.41, 5.74) is 12.8. The van der Waals surface area contributed by atoms with Crippen molar-refractivity contribution in [2.75, 3.05) is 24.2 Å². The molecule has 1 aromatic rings. The Kier molecular flexibility index (Phi) is 3.95. The Morgan fingerprint density at radius 1 is 1.37 bits per heavy atom. The number of benzene rings is 1. The molecule has 1 amide bonds. The number of nitrogen functional groups attached to an aromatic ring is 1. The average molecular weight is 263 g/mol. The van der Waals surface area contributed by atoms with Crippen molar-refractivity contribution >= 4 is 17.3 Å². The maximum absolute atomic E-state index is 11.2. The highest BCUT2D eigenvalue weighted by atomic mass is 16.3. The van der Waals surface area contributed by atoms with E-state index in [4.69, 9.17) is 11.5 Å². The van der Waals surface area contributed by atoms with Gasteiger partial charge in [0.25, 0.3) is 0 Å². The van der Waals surface area contributed by atoms with Crippen LogP contribution in [0.15, 0.2) is 18.2 Å². The van der Waals surface area contributed by atoms with Crippen molar-refractivity contribution in [3.05, 3.63) is 23.8 Å². The van der Waals surface area contributed by atoms with Crippen molar-refractivity contribution in [2.24, 2.45) is 11.1 Å². The van der Waals surface area contributed by atoms with Crippen molar-refractivity contribution in [1.29, 1.82) is 0 Å². The van der Waals surface area contributed by atoms with E-state index in [1.54, 1.807) is 18.2 Å². The summed E-state index contributed by atoms with van der Waals surface area (Å²) < 4.78 is 0. The van der Waals surface area contributed by atoms with Crippen LogP contribution < -0.4 is 16.8 Å². The lowest BCUT2D eigenvalue weighted by atomic mass is 9.87. The van der Waals surface area contributed by atoms with Gasteiger partial charge in [-0.05, 0) is 31.0 Å². The van der Waals surface area contributed by atoms with E-state index in [-0.39, 0.29) is 12.0 Å². The van der Waals surface area contributed by atoms with Crippen LogP contribution in [0.1, 0.15) is 36.0 Å². The van der Waals surface area contributed by atoms with Crippen molar-refractivity contribution in [2.45, 2.75) is 25.7 Å². The van der Waals surface area contributed by atoms with E-state index in [1.165, 1.54) is 0 Å². The van der Waals surface area contributed by atoms with Crippen LogP contribution in [0.5, 0.6) is 0 Å². The highest BCUT2D eigenvalue weighted by Gasteiger charge is 2.33.